The average Bonchev–Trinajstić information content (AvgIpc) is 2.36. The van der Waals surface area contributed by atoms with Crippen LogP contribution in [0, 0.1) is 41.9 Å². The first kappa shape index (κ1) is 24.6. The molecule has 0 aliphatic heterocycles. The monoisotopic (exact) mass is 282 g/mol. The Bertz CT molecular complexity index is 193. The third kappa shape index (κ3) is 15.6. The Morgan fingerprint density at radius 3 is 1.05 bits per heavy atom. The van der Waals surface area contributed by atoms with Gasteiger partial charge in [-0.05, 0) is 23.7 Å². The molecule has 0 aromatic carbocycles. The summed E-state index contributed by atoms with van der Waals surface area (Å²) in [5, 5.41) is 0. The van der Waals surface area contributed by atoms with E-state index in [0.29, 0.717) is 5.92 Å². The molecule has 0 N–H and O–H groups in total. The standard InChI is InChI=1S/C12H26.C5H8.C3H8/c1-7-11(8-2)12(9(3)4)10(5)6;1-4-5(2)3;1-3-2/h9-12H,7-8H2,1-6H3;1,5H,2-3H3;3H2,1-2H3. The van der Waals surface area contributed by atoms with Crippen molar-refractivity contribution in [2.75, 3.05) is 0 Å². The zero-order valence-electron chi connectivity index (χ0n) is 16.1. The van der Waals surface area contributed by atoms with Gasteiger partial charge < -0.3 is 0 Å². The highest BCUT2D eigenvalue weighted by molar-refractivity contribution is 4.86. The first-order valence-corrected chi connectivity index (χ1v) is 8.69. The molecule has 0 amide bonds. The summed E-state index contributed by atoms with van der Waals surface area (Å²) in [6, 6.07) is 0. The molecule has 0 unspecified atom stereocenters. The van der Waals surface area contributed by atoms with E-state index in [9.17, 15) is 0 Å². The van der Waals surface area contributed by atoms with Gasteiger partial charge in [-0.2, -0.15) is 0 Å². The molecular formula is C20H42. The van der Waals surface area contributed by atoms with E-state index in [2.05, 4.69) is 61.3 Å². The molecule has 0 bridgehead atoms. The normalized spacial score (nSPS) is 10.3. The lowest BCUT2D eigenvalue weighted by molar-refractivity contribution is 0.176. The second-order valence-electron chi connectivity index (χ2n) is 6.67. The van der Waals surface area contributed by atoms with Crippen LogP contribution in [0.2, 0.25) is 0 Å². The molecule has 0 spiro atoms. The maximum absolute atomic E-state index is 4.92. The summed E-state index contributed by atoms with van der Waals surface area (Å²) in [4.78, 5) is 0. The smallest absolute Gasteiger partial charge is 0.0143 e. The van der Waals surface area contributed by atoms with Gasteiger partial charge in [-0.1, -0.05) is 88.5 Å². The SMILES string of the molecule is C#CC(C)C.CCC.CCC(CC)C(C(C)C)C(C)C. The van der Waals surface area contributed by atoms with Gasteiger partial charge in [0.2, 0.25) is 0 Å². The van der Waals surface area contributed by atoms with Gasteiger partial charge in [0.05, 0.1) is 0 Å². The van der Waals surface area contributed by atoms with Gasteiger partial charge in [-0.25, -0.2) is 0 Å². The minimum absolute atomic E-state index is 0.412. The van der Waals surface area contributed by atoms with Crippen molar-refractivity contribution in [2.45, 2.75) is 88.5 Å². The van der Waals surface area contributed by atoms with Crippen molar-refractivity contribution in [1.82, 2.24) is 0 Å². The van der Waals surface area contributed by atoms with Gasteiger partial charge in [0.1, 0.15) is 0 Å². The van der Waals surface area contributed by atoms with Crippen LogP contribution in [0.1, 0.15) is 88.5 Å². The topological polar surface area (TPSA) is 0 Å². The zero-order valence-corrected chi connectivity index (χ0v) is 16.1. The van der Waals surface area contributed by atoms with Crippen LogP contribution in [-0.2, 0) is 0 Å². The summed E-state index contributed by atoms with van der Waals surface area (Å²) in [5.41, 5.74) is 0. The predicted molar refractivity (Wildman–Crippen MR) is 96.9 cm³/mol. The van der Waals surface area contributed by atoms with E-state index in [0.717, 1.165) is 23.7 Å². The summed E-state index contributed by atoms with van der Waals surface area (Å²) in [6.07, 6.45) is 8.86. The van der Waals surface area contributed by atoms with Crippen molar-refractivity contribution in [1.29, 1.82) is 0 Å². The summed E-state index contributed by atoms with van der Waals surface area (Å²) in [7, 11) is 0. The van der Waals surface area contributed by atoms with E-state index < -0.39 is 0 Å². The van der Waals surface area contributed by atoms with E-state index in [1.165, 1.54) is 19.3 Å². The molecule has 122 valence electrons. The van der Waals surface area contributed by atoms with Gasteiger partial charge in [0.25, 0.3) is 0 Å². The van der Waals surface area contributed by atoms with Crippen molar-refractivity contribution < 1.29 is 0 Å². The molecule has 0 nitrogen and oxygen atoms in total. The number of terminal acetylenes is 1. The van der Waals surface area contributed by atoms with Crippen LogP contribution in [0.4, 0.5) is 0 Å². The molecule has 0 radical (unpaired) electrons. The molecule has 0 aromatic rings. The Morgan fingerprint density at radius 2 is 1.00 bits per heavy atom. The lowest BCUT2D eigenvalue weighted by Crippen LogP contribution is -2.24. The third-order valence-corrected chi connectivity index (χ3v) is 3.47. The zero-order chi connectivity index (χ0) is 16.7. The van der Waals surface area contributed by atoms with Crippen LogP contribution in [0.25, 0.3) is 0 Å². The minimum Gasteiger partial charge on any atom is -0.120 e. The molecule has 0 fully saturated rings. The fourth-order valence-corrected chi connectivity index (χ4v) is 2.69. The van der Waals surface area contributed by atoms with Crippen molar-refractivity contribution in [3.8, 4) is 12.3 Å². The average molecular weight is 283 g/mol. The van der Waals surface area contributed by atoms with Gasteiger partial charge >= 0.3 is 0 Å². The van der Waals surface area contributed by atoms with E-state index in [-0.39, 0.29) is 0 Å². The number of hydrogen-bond donors (Lipinski definition) is 0. The second kappa shape index (κ2) is 16.6. The van der Waals surface area contributed by atoms with Crippen LogP contribution in [0.15, 0.2) is 0 Å². The number of hydrogen-bond acceptors (Lipinski definition) is 0. The van der Waals surface area contributed by atoms with Crippen molar-refractivity contribution >= 4 is 0 Å². The molecular weight excluding hydrogens is 240 g/mol. The predicted octanol–water partition coefficient (Wildman–Crippen LogP) is 7.04. The van der Waals surface area contributed by atoms with Gasteiger partial charge in [-0.15, -0.1) is 12.3 Å². The van der Waals surface area contributed by atoms with Crippen LogP contribution in [-0.4, -0.2) is 0 Å². The summed E-state index contributed by atoms with van der Waals surface area (Å²) in [5.74, 6) is 6.48. The number of rotatable bonds is 5. The summed E-state index contributed by atoms with van der Waals surface area (Å²) in [6.45, 7) is 22.3. The fourth-order valence-electron chi connectivity index (χ4n) is 2.69. The van der Waals surface area contributed by atoms with E-state index in [1.54, 1.807) is 0 Å². The first-order chi connectivity index (χ1) is 9.22. The lowest BCUT2D eigenvalue weighted by atomic mass is 9.74. The molecule has 0 aliphatic carbocycles. The Hall–Kier alpha value is -0.440. The highest BCUT2D eigenvalue weighted by Gasteiger charge is 2.24. The molecule has 0 saturated carbocycles. The quantitative estimate of drug-likeness (QED) is 0.474. The van der Waals surface area contributed by atoms with Crippen molar-refractivity contribution in [3.05, 3.63) is 0 Å². The summed E-state index contributed by atoms with van der Waals surface area (Å²) < 4.78 is 0. The Labute approximate surface area is 131 Å². The van der Waals surface area contributed by atoms with Crippen LogP contribution >= 0.6 is 0 Å². The highest BCUT2D eigenvalue weighted by Crippen LogP contribution is 2.32. The Kier molecular flexibility index (Phi) is 20.4. The van der Waals surface area contributed by atoms with E-state index >= 15 is 0 Å². The molecule has 0 aromatic heterocycles. The second-order valence-corrected chi connectivity index (χ2v) is 6.67. The van der Waals surface area contributed by atoms with E-state index in [4.69, 9.17) is 6.42 Å². The first-order valence-electron chi connectivity index (χ1n) is 8.69. The van der Waals surface area contributed by atoms with Crippen molar-refractivity contribution in [2.24, 2.45) is 29.6 Å². The molecule has 0 atom stereocenters. The molecule has 20 heavy (non-hydrogen) atoms. The fraction of sp³-hybridized carbons (Fsp3) is 0.900. The summed E-state index contributed by atoms with van der Waals surface area (Å²) >= 11 is 0. The van der Waals surface area contributed by atoms with Crippen molar-refractivity contribution in [3.63, 3.8) is 0 Å². The van der Waals surface area contributed by atoms with Gasteiger partial charge in [-0.3, -0.25) is 0 Å². The third-order valence-electron chi connectivity index (χ3n) is 3.47. The molecule has 0 rings (SSSR count). The molecule has 0 heteroatoms. The van der Waals surface area contributed by atoms with E-state index in [1.807, 2.05) is 13.8 Å². The molecule has 0 heterocycles. The molecule has 0 saturated heterocycles. The van der Waals surface area contributed by atoms with Crippen LogP contribution in [0.5, 0.6) is 0 Å². The van der Waals surface area contributed by atoms with Crippen LogP contribution < -0.4 is 0 Å². The Morgan fingerprint density at radius 1 is 0.750 bits per heavy atom. The maximum Gasteiger partial charge on any atom is 0.0143 e. The lowest BCUT2D eigenvalue weighted by Gasteiger charge is -2.32. The minimum atomic E-state index is 0.412. The highest BCUT2D eigenvalue weighted by atomic mass is 14.3. The maximum atomic E-state index is 4.92. The molecule has 0 aliphatic rings. The Balaban J connectivity index is -0.000000299. The van der Waals surface area contributed by atoms with Crippen LogP contribution in [0.3, 0.4) is 0 Å². The largest absolute Gasteiger partial charge is 0.120 e. The van der Waals surface area contributed by atoms with Gasteiger partial charge in [0.15, 0.2) is 0 Å². The van der Waals surface area contributed by atoms with Gasteiger partial charge in [0, 0.05) is 5.92 Å².